The van der Waals surface area contributed by atoms with Gasteiger partial charge in [0.15, 0.2) is 9.84 Å². The number of hydrogen-bond acceptors (Lipinski definition) is 4. The molecule has 7 heteroatoms. The van der Waals surface area contributed by atoms with Crippen LogP contribution < -0.4 is 5.32 Å². The van der Waals surface area contributed by atoms with Gasteiger partial charge in [-0.1, -0.05) is 42.5 Å². The zero-order valence-corrected chi connectivity index (χ0v) is 17.0. The number of hydrogen-bond donors (Lipinski definition) is 1. The normalized spacial score (nSPS) is 11.1. The summed E-state index contributed by atoms with van der Waals surface area (Å²) >= 11 is 0. The number of rotatable bonds is 9. The smallest absolute Gasteiger partial charge is 0.239 e. The second kappa shape index (κ2) is 10.0. The number of carbonyl (C=O) groups excluding carboxylic acids is 2. The van der Waals surface area contributed by atoms with Crippen LogP contribution in [0.4, 0.5) is 5.69 Å². The van der Waals surface area contributed by atoms with Crippen molar-refractivity contribution in [1.82, 2.24) is 4.90 Å². The zero-order chi connectivity index (χ0) is 20.6. The third kappa shape index (κ3) is 7.52. The molecule has 28 heavy (non-hydrogen) atoms. The molecular weight excluding hydrogens is 376 g/mol. The van der Waals surface area contributed by atoms with Crippen LogP contribution in [-0.2, 0) is 32.4 Å². The van der Waals surface area contributed by atoms with Crippen molar-refractivity contribution in [2.45, 2.75) is 26.3 Å². The number of benzene rings is 2. The van der Waals surface area contributed by atoms with E-state index in [-0.39, 0.29) is 11.7 Å². The predicted octanol–water partition coefficient (Wildman–Crippen LogP) is 2.65. The Hall–Kier alpha value is -2.67. The molecule has 0 heterocycles. The van der Waals surface area contributed by atoms with E-state index in [1.54, 1.807) is 30.1 Å². The maximum atomic E-state index is 12.2. The van der Waals surface area contributed by atoms with Crippen LogP contribution in [0, 0.1) is 0 Å². The van der Waals surface area contributed by atoms with Gasteiger partial charge in [-0.3, -0.25) is 9.59 Å². The number of sulfone groups is 1. The van der Waals surface area contributed by atoms with Gasteiger partial charge in [-0.25, -0.2) is 8.42 Å². The van der Waals surface area contributed by atoms with Crippen molar-refractivity contribution in [2.24, 2.45) is 0 Å². The van der Waals surface area contributed by atoms with Crippen molar-refractivity contribution in [2.75, 3.05) is 23.9 Å². The fourth-order valence-electron chi connectivity index (χ4n) is 2.74. The number of anilines is 1. The van der Waals surface area contributed by atoms with Crippen LogP contribution in [0.5, 0.6) is 0 Å². The quantitative estimate of drug-likeness (QED) is 0.699. The van der Waals surface area contributed by atoms with E-state index in [1.165, 1.54) is 6.92 Å². The number of aryl methyl sites for hydroxylation is 1. The summed E-state index contributed by atoms with van der Waals surface area (Å²) in [4.78, 5) is 25.0. The van der Waals surface area contributed by atoms with E-state index in [0.29, 0.717) is 25.1 Å². The fraction of sp³-hybridized carbons (Fsp3) is 0.333. The second-order valence-corrected chi connectivity index (χ2v) is 8.99. The van der Waals surface area contributed by atoms with Crippen molar-refractivity contribution < 1.29 is 18.0 Å². The van der Waals surface area contributed by atoms with Crippen LogP contribution in [-0.4, -0.2) is 43.7 Å². The lowest BCUT2D eigenvalue weighted by Crippen LogP contribution is -2.25. The van der Waals surface area contributed by atoms with Gasteiger partial charge >= 0.3 is 0 Å². The van der Waals surface area contributed by atoms with E-state index in [4.69, 9.17) is 0 Å². The summed E-state index contributed by atoms with van der Waals surface area (Å²) in [5, 5.41) is 2.63. The molecule has 0 aliphatic rings. The predicted molar refractivity (Wildman–Crippen MR) is 111 cm³/mol. The van der Waals surface area contributed by atoms with E-state index >= 15 is 0 Å². The maximum absolute atomic E-state index is 12.2. The highest BCUT2D eigenvalue weighted by Gasteiger charge is 2.17. The Kier molecular flexibility index (Phi) is 7.75. The second-order valence-electron chi connectivity index (χ2n) is 6.80. The summed E-state index contributed by atoms with van der Waals surface area (Å²) in [5.41, 5.74) is 2.44. The minimum absolute atomic E-state index is 0.0290. The highest BCUT2D eigenvalue weighted by Crippen LogP contribution is 2.13. The minimum Gasteiger partial charge on any atom is -0.342 e. The summed E-state index contributed by atoms with van der Waals surface area (Å²) in [6, 6.07) is 16.7. The minimum atomic E-state index is -3.48. The Bertz CT molecular complexity index is 911. The molecule has 150 valence electrons. The molecule has 0 atom stereocenters. The van der Waals surface area contributed by atoms with Crippen LogP contribution >= 0.6 is 0 Å². The Labute approximate surface area is 166 Å². The summed E-state index contributed by atoms with van der Waals surface area (Å²) < 4.78 is 24.4. The van der Waals surface area contributed by atoms with Crippen LogP contribution in [0.2, 0.25) is 0 Å². The van der Waals surface area contributed by atoms with Gasteiger partial charge in [-0.05, 0) is 36.1 Å². The molecule has 2 aromatic rings. The first-order valence-electron chi connectivity index (χ1n) is 9.10. The first-order chi connectivity index (χ1) is 13.2. The molecule has 0 radical (unpaired) electrons. The molecule has 0 fully saturated rings. The molecule has 0 aliphatic carbocycles. The number of carbonyl (C=O) groups is 2. The number of nitrogens with zero attached hydrogens (tertiary/aromatic N) is 1. The first-order valence-corrected chi connectivity index (χ1v) is 10.9. The average molecular weight is 403 g/mol. The first kappa shape index (κ1) is 21.6. The number of amides is 2. The molecule has 0 aliphatic heterocycles. The van der Waals surface area contributed by atoms with Crippen molar-refractivity contribution in [1.29, 1.82) is 0 Å². The molecule has 2 rings (SSSR count). The molecular formula is C21H26N2O4S. The summed E-state index contributed by atoms with van der Waals surface area (Å²) in [5.74, 6) is -1.19. The van der Waals surface area contributed by atoms with Crippen LogP contribution in [0.3, 0.4) is 0 Å². The summed E-state index contributed by atoms with van der Waals surface area (Å²) in [7, 11) is -1.79. The molecule has 2 aromatic carbocycles. The van der Waals surface area contributed by atoms with Gasteiger partial charge in [0.2, 0.25) is 11.8 Å². The van der Waals surface area contributed by atoms with E-state index in [2.05, 4.69) is 5.32 Å². The van der Waals surface area contributed by atoms with Gasteiger partial charge in [0.25, 0.3) is 0 Å². The van der Waals surface area contributed by atoms with E-state index in [1.807, 2.05) is 36.4 Å². The third-order valence-corrected chi connectivity index (χ3v) is 5.90. The van der Waals surface area contributed by atoms with E-state index in [0.717, 1.165) is 11.1 Å². The molecule has 0 unspecified atom stereocenters. The number of nitrogens with one attached hydrogen (secondary N) is 1. The Morgan fingerprint density at radius 3 is 2.36 bits per heavy atom. The Balaban J connectivity index is 1.86. The lowest BCUT2D eigenvalue weighted by atomic mass is 10.1. The standard InChI is InChI=1S/C21H26N2O4S/c1-17(24)23(2)15-19-10-6-12-20(14-19)22-21(25)16-28(26,27)13-7-11-18-8-4-3-5-9-18/h3-6,8-10,12,14H,7,11,13,15-16H2,1-2H3,(H,22,25). The van der Waals surface area contributed by atoms with Gasteiger partial charge in [-0.2, -0.15) is 0 Å². The third-order valence-electron chi connectivity index (χ3n) is 4.28. The topological polar surface area (TPSA) is 83.6 Å². The molecule has 0 saturated carbocycles. The Morgan fingerprint density at radius 1 is 1.00 bits per heavy atom. The van der Waals surface area contributed by atoms with Gasteiger partial charge in [0.05, 0.1) is 5.75 Å². The maximum Gasteiger partial charge on any atom is 0.239 e. The summed E-state index contributed by atoms with van der Waals surface area (Å²) in [6.07, 6.45) is 1.14. The van der Waals surface area contributed by atoms with Crippen molar-refractivity contribution in [3.05, 3.63) is 65.7 Å². The monoisotopic (exact) mass is 402 g/mol. The molecule has 2 amide bonds. The van der Waals surface area contributed by atoms with Crippen LogP contribution in [0.1, 0.15) is 24.5 Å². The summed E-state index contributed by atoms with van der Waals surface area (Å²) in [6.45, 7) is 1.89. The van der Waals surface area contributed by atoms with Crippen LogP contribution in [0.15, 0.2) is 54.6 Å². The van der Waals surface area contributed by atoms with Crippen molar-refractivity contribution in [3.63, 3.8) is 0 Å². The molecule has 1 N–H and O–H groups in total. The highest BCUT2D eigenvalue weighted by atomic mass is 32.2. The van der Waals surface area contributed by atoms with E-state index in [9.17, 15) is 18.0 Å². The highest BCUT2D eigenvalue weighted by molar-refractivity contribution is 7.92. The van der Waals surface area contributed by atoms with Gasteiger partial charge in [0, 0.05) is 26.2 Å². The fourth-order valence-corrected chi connectivity index (χ4v) is 3.94. The largest absolute Gasteiger partial charge is 0.342 e. The Morgan fingerprint density at radius 2 is 1.68 bits per heavy atom. The molecule has 0 spiro atoms. The van der Waals surface area contributed by atoms with Crippen molar-refractivity contribution >= 4 is 27.3 Å². The average Bonchev–Trinajstić information content (AvgIpc) is 2.62. The molecule has 0 bridgehead atoms. The van der Waals surface area contributed by atoms with E-state index < -0.39 is 21.5 Å². The zero-order valence-electron chi connectivity index (χ0n) is 16.2. The van der Waals surface area contributed by atoms with Crippen molar-refractivity contribution in [3.8, 4) is 0 Å². The van der Waals surface area contributed by atoms with Gasteiger partial charge in [-0.15, -0.1) is 0 Å². The van der Waals surface area contributed by atoms with Gasteiger partial charge in [0.1, 0.15) is 5.75 Å². The van der Waals surface area contributed by atoms with Gasteiger partial charge < -0.3 is 10.2 Å². The molecule has 6 nitrogen and oxygen atoms in total. The lowest BCUT2D eigenvalue weighted by Gasteiger charge is -2.15. The lowest BCUT2D eigenvalue weighted by molar-refractivity contribution is -0.128. The molecule has 0 saturated heterocycles. The SMILES string of the molecule is CC(=O)N(C)Cc1cccc(NC(=O)CS(=O)(=O)CCCc2ccccc2)c1. The molecule has 0 aromatic heterocycles. The van der Waals surface area contributed by atoms with Crippen LogP contribution in [0.25, 0.3) is 0 Å².